The Labute approximate surface area is 109 Å². The van der Waals surface area contributed by atoms with Gasteiger partial charge in [0.05, 0.1) is 18.9 Å². The molecule has 1 heterocycles. The van der Waals surface area contributed by atoms with Crippen LogP contribution in [0.1, 0.15) is 15.9 Å². The fourth-order valence-electron chi connectivity index (χ4n) is 1.49. The predicted octanol–water partition coefficient (Wildman–Crippen LogP) is 1.88. The van der Waals surface area contributed by atoms with E-state index in [9.17, 15) is 4.79 Å². The number of nitrogens with one attached hydrogen (secondary N) is 1. The van der Waals surface area contributed by atoms with Gasteiger partial charge in [-0.25, -0.2) is 14.8 Å². The van der Waals surface area contributed by atoms with Gasteiger partial charge in [0.1, 0.15) is 18.0 Å². The molecule has 1 aromatic heterocycles. The van der Waals surface area contributed by atoms with E-state index in [-0.39, 0.29) is 0 Å². The number of benzene rings is 1. The van der Waals surface area contributed by atoms with Gasteiger partial charge >= 0.3 is 5.97 Å². The molecule has 0 atom stereocenters. The molecule has 0 aliphatic carbocycles. The second kappa shape index (κ2) is 5.60. The highest BCUT2D eigenvalue weighted by atomic mass is 16.5. The molecule has 0 amide bonds. The number of aromatic nitrogens is 2. The molecule has 0 aliphatic heterocycles. The molecule has 1 aromatic carbocycles. The number of nitriles is 1. The monoisotopic (exact) mass is 254 g/mol. The first kappa shape index (κ1) is 12.5. The van der Waals surface area contributed by atoms with E-state index >= 15 is 0 Å². The zero-order valence-corrected chi connectivity index (χ0v) is 10.1. The number of ether oxygens (including phenoxy) is 1. The quantitative estimate of drug-likeness (QED) is 0.841. The van der Waals surface area contributed by atoms with Crippen LogP contribution in [-0.2, 0) is 4.74 Å². The van der Waals surface area contributed by atoms with E-state index in [2.05, 4.69) is 20.0 Å². The average molecular weight is 254 g/mol. The molecule has 6 heteroatoms. The molecule has 0 saturated carbocycles. The minimum Gasteiger partial charge on any atom is -0.465 e. The molecule has 2 rings (SSSR count). The molecule has 0 radical (unpaired) electrons. The van der Waals surface area contributed by atoms with Crippen LogP contribution in [0, 0.1) is 11.3 Å². The first-order chi connectivity index (χ1) is 9.24. The van der Waals surface area contributed by atoms with E-state index in [1.165, 1.54) is 19.6 Å². The second-order valence-electron chi connectivity index (χ2n) is 3.59. The van der Waals surface area contributed by atoms with Crippen LogP contribution in [0.15, 0.2) is 36.8 Å². The van der Waals surface area contributed by atoms with Crippen LogP contribution in [0.3, 0.4) is 0 Å². The summed E-state index contributed by atoms with van der Waals surface area (Å²) in [6, 6.07) is 8.72. The highest BCUT2D eigenvalue weighted by Crippen LogP contribution is 2.18. The lowest BCUT2D eigenvalue weighted by molar-refractivity contribution is 0.0601. The number of esters is 1. The fourth-order valence-corrected chi connectivity index (χ4v) is 1.49. The molecule has 0 fully saturated rings. The van der Waals surface area contributed by atoms with Crippen LogP contribution in [-0.4, -0.2) is 23.0 Å². The summed E-state index contributed by atoms with van der Waals surface area (Å²) in [7, 11) is 1.32. The van der Waals surface area contributed by atoms with Gasteiger partial charge in [0.15, 0.2) is 5.82 Å². The maximum absolute atomic E-state index is 11.4. The van der Waals surface area contributed by atoms with Gasteiger partial charge in [0.2, 0.25) is 0 Å². The molecule has 0 spiro atoms. The van der Waals surface area contributed by atoms with E-state index in [0.717, 1.165) is 0 Å². The Hall–Kier alpha value is -2.94. The van der Waals surface area contributed by atoms with Crippen molar-refractivity contribution >= 4 is 17.5 Å². The largest absolute Gasteiger partial charge is 0.465 e. The normalized spacial score (nSPS) is 9.47. The Morgan fingerprint density at radius 1 is 1.47 bits per heavy atom. The second-order valence-corrected chi connectivity index (χ2v) is 3.59. The van der Waals surface area contributed by atoms with Crippen LogP contribution in [0.5, 0.6) is 0 Å². The standard InChI is InChI=1S/C13H10N4O2/c1-19-13(18)9-3-2-4-11(5-9)17-12-10(6-14)7-15-8-16-12/h2-5,7-8H,1H3,(H,15,16,17). The van der Waals surface area contributed by atoms with Crippen molar-refractivity contribution in [3.8, 4) is 6.07 Å². The van der Waals surface area contributed by atoms with E-state index < -0.39 is 5.97 Å². The van der Waals surface area contributed by atoms with Crippen LogP contribution < -0.4 is 5.32 Å². The summed E-state index contributed by atoms with van der Waals surface area (Å²) in [5.41, 5.74) is 1.38. The topological polar surface area (TPSA) is 87.9 Å². The zero-order chi connectivity index (χ0) is 13.7. The van der Waals surface area contributed by atoms with Crippen molar-refractivity contribution in [2.75, 3.05) is 12.4 Å². The molecule has 94 valence electrons. The minimum absolute atomic E-state index is 0.325. The van der Waals surface area contributed by atoms with Crippen molar-refractivity contribution in [2.24, 2.45) is 0 Å². The Morgan fingerprint density at radius 2 is 2.32 bits per heavy atom. The SMILES string of the molecule is COC(=O)c1cccc(Nc2ncncc2C#N)c1. The first-order valence-corrected chi connectivity index (χ1v) is 5.40. The number of nitrogens with zero attached hydrogens (tertiary/aromatic N) is 3. The highest BCUT2D eigenvalue weighted by molar-refractivity contribution is 5.90. The van der Waals surface area contributed by atoms with Crippen molar-refractivity contribution in [1.82, 2.24) is 9.97 Å². The smallest absolute Gasteiger partial charge is 0.337 e. The lowest BCUT2D eigenvalue weighted by Gasteiger charge is -2.07. The summed E-state index contributed by atoms with van der Waals surface area (Å²) in [4.78, 5) is 19.2. The molecule has 2 aromatic rings. The number of hydrogen-bond donors (Lipinski definition) is 1. The number of rotatable bonds is 3. The summed E-state index contributed by atoms with van der Waals surface area (Å²) < 4.78 is 4.64. The summed E-state index contributed by atoms with van der Waals surface area (Å²) in [6.07, 6.45) is 2.76. The van der Waals surface area contributed by atoms with Crippen molar-refractivity contribution in [3.05, 3.63) is 47.9 Å². The van der Waals surface area contributed by atoms with Gasteiger partial charge in [-0.3, -0.25) is 0 Å². The minimum atomic E-state index is -0.424. The van der Waals surface area contributed by atoms with Crippen molar-refractivity contribution in [2.45, 2.75) is 0 Å². The Balaban J connectivity index is 2.29. The molecule has 19 heavy (non-hydrogen) atoms. The van der Waals surface area contributed by atoms with Gasteiger partial charge in [-0.2, -0.15) is 5.26 Å². The van der Waals surface area contributed by atoms with Crippen LogP contribution >= 0.6 is 0 Å². The third kappa shape index (κ3) is 2.84. The van der Waals surface area contributed by atoms with Gasteiger partial charge in [0.25, 0.3) is 0 Å². The summed E-state index contributed by atoms with van der Waals surface area (Å²) in [5, 5.41) is 11.9. The maximum atomic E-state index is 11.4. The lowest BCUT2D eigenvalue weighted by atomic mass is 10.2. The number of carbonyl (C=O) groups excluding carboxylic acids is 1. The summed E-state index contributed by atoms with van der Waals surface area (Å²) >= 11 is 0. The summed E-state index contributed by atoms with van der Waals surface area (Å²) in [5.74, 6) is -0.0358. The molecular weight excluding hydrogens is 244 g/mol. The highest BCUT2D eigenvalue weighted by Gasteiger charge is 2.07. The number of hydrogen-bond acceptors (Lipinski definition) is 6. The molecular formula is C13H10N4O2. The Bertz CT molecular complexity index is 649. The molecule has 0 unspecified atom stereocenters. The van der Waals surface area contributed by atoms with Crippen LogP contribution in [0.25, 0.3) is 0 Å². The first-order valence-electron chi connectivity index (χ1n) is 5.40. The maximum Gasteiger partial charge on any atom is 0.337 e. The average Bonchev–Trinajstić information content (AvgIpc) is 2.47. The van der Waals surface area contributed by atoms with Crippen molar-refractivity contribution in [3.63, 3.8) is 0 Å². The van der Waals surface area contributed by atoms with Gasteiger partial charge in [-0.05, 0) is 18.2 Å². The molecule has 0 saturated heterocycles. The van der Waals surface area contributed by atoms with Crippen molar-refractivity contribution < 1.29 is 9.53 Å². The lowest BCUT2D eigenvalue weighted by Crippen LogP contribution is -2.03. The van der Waals surface area contributed by atoms with Gasteiger partial charge in [-0.15, -0.1) is 0 Å². The van der Waals surface area contributed by atoms with Crippen LogP contribution in [0.4, 0.5) is 11.5 Å². The Kier molecular flexibility index (Phi) is 3.69. The van der Waals surface area contributed by atoms with E-state index in [1.807, 2.05) is 6.07 Å². The molecule has 6 nitrogen and oxygen atoms in total. The van der Waals surface area contributed by atoms with Gasteiger partial charge < -0.3 is 10.1 Å². The zero-order valence-electron chi connectivity index (χ0n) is 10.1. The Morgan fingerprint density at radius 3 is 3.05 bits per heavy atom. The third-order valence-electron chi connectivity index (χ3n) is 2.38. The van der Waals surface area contributed by atoms with Crippen LogP contribution in [0.2, 0.25) is 0 Å². The van der Waals surface area contributed by atoms with E-state index in [4.69, 9.17) is 5.26 Å². The number of methoxy groups -OCH3 is 1. The third-order valence-corrected chi connectivity index (χ3v) is 2.38. The number of carbonyl (C=O) groups is 1. The fraction of sp³-hybridized carbons (Fsp3) is 0.0769. The summed E-state index contributed by atoms with van der Waals surface area (Å²) in [6.45, 7) is 0. The van der Waals surface area contributed by atoms with Gasteiger partial charge in [-0.1, -0.05) is 6.07 Å². The molecule has 0 aliphatic rings. The molecule has 0 bridgehead atoms. The van der Waals surface area contributed by atoms with Gasteiger partial charge in [0, 0.05) is 5.69 Å². The van der Waals surface area contributed by atoms with E-state index in [0.29, 0.717) is 22.6 Å². The molecule has 1 N–H and O–H groups in total. The number of anilines is 2. The van der Waals surface area contributed by atoms with E-state index in [1.54, 1.807) is 24.3 Å². The predicted molar refractivity (Wildman–Crippen MR) is 67.8 cm³/mol. The van der Waals surface area contributed by atoms with Crippen molar-refractivity contribution in [1.29, 1.82) is 5.26 Å².